The number of nitrogens with zero attached hydrogens (tertiary/aromatic N) is 2. The summed E-state index contributed by atoms with van der Waals surface area (Å²) in [6, 6.07) is 8.94. The molecule has 0 amide bonds. The molecule has 0 N–H and O–H groups in total. The van der Waals surface area contributed by atoms with Gasteiger partial charge in [-0.2, -0.15) is 0 Å². The van der Waals surface area contributed by atoms with E-state index in [0.717, 1.165) is 35.6 Å². The topological polar surface area (TPSA) is 24.7 Å². The molecule has 0 radical (unpaired) electrons. The Bertz CT molecular complexity index is 917. The molecule has 0 saturated heterocycles. The first-order valence-electron chi connectivity index (χ1n) is 11.2. The minimum atomic E-state index is -0.00930. The molecule has 0 spiro atoms. The molecule has 2 heteroatoms. The molecule has 0 unspecified atom stereocenters. The molecule has 0 aliphatic heterocycles. The van der Waals surface area contributed by atoms with Crippen molar-refractivity contribution in [2.75, 3.05) is 0 Å². The summed E-state index contributed by atoms with van der Waals surface area (Å²) in [6.45, 7) is 22.3. The molecule has 1 aliphatic carbocycles. The monoisotopic (exact) mass is 402 g/mol. The summed E-state index contributed by atoms with van der Waals surface area (Å²) in [4.78, 5) is 10.7. The lowest BCUT2D eigenvalue weighted by Gasteiger charge is -2.42. The number of hydrogen-bond donors (Lipinski definition) is 0. The smallest absolute Gasteiger partial charge is 0.0692 e. The van der Waals surface area contributed by atoms with Crippen molar-refractivity contribution in [2.45, 2.75) is 82.1 Å². The molecule has 0 atom stereocenters. The Labute approximate surface area is 183 Å². The minimum absolute atomic E-state index is 0.00930. The van der Waals surface area contributed by atoms with E-state index in [9.17, 15) is 0 Å². The molecule has 1 fully saturated rings. The van der Waals surface area contributed by atoms with Crippen molar-refractivity contribution in [3.63, 3.8) is 0 Å². The second-order valence-electron chi connectivity index (χ2n) is 10.7. The van der Waals surface area contributed by atoms with Gasteiger partial charge in [-0.25, -0.2) is 0 Å². The van der Waals surface area contributed by atoms with Gasteiger partial charge in [0.25, 0.3) is 0 Å². The normalized spacial score (nSPS) is 20.7. The number of rotatable bonds is 2. The third-order valence-electron chi connectivity index (χ3n) is 6.60. The molecule has 1 aliphatic rings. The third-order valence-corrected chi connectivity index (χ3v) is 6.60. The van der Waals surface area contributed by atoms with Gasteiger partial charge in [-0.1, -0.05) is 63.1 Å². The van der Waals surface area contributed by atoms with Crippen LogP contribution in [0.5, 0.6) is 0 Å². The van der Waals surface area contributed by atoms with Gasteiger partial charge in [0.2, 0.25) is 0 Å². The first-order chi connectivity index (χ1) is 13.8. The third kappa shape index (κ3) is 4.29. The Hall–Kier alpha value is -2.22. The van der Waals surface area contributed by atoms with E-state index >= 15 is 0 Å². The van der Waals surface area contributed by atoms with E-state index in [1.54, 1.807) is 0 Å². The highest BCUT2D eigenvalue weighted by Gasteiger charge is 2.43. The van der Waals surface area contributed by atoms with Crippen molar-refractivity contribution in [3.05, 3.63) is 57.6 Å². The average molecular weight is 403 g/mol. The highest BCUT2D eigenvalue weighted by atomic mass is 14.9. The van der Waals surface area contributed by atoms with Gasteiger partial charge in [0.1, 0.15) is 0 Å². The number of hydrogen-bond acceptors (Lipinski definition) is 2. The van der Waals surface area contributed by atoms with Gasteiger partial charge >= 0.3 is 0 Å². The van der Waals surface area contributed by atoms with Crippen LogP contribution in [0.15, 0.2) is 34.3 Å². The Kier molecular flexibility index (Phi) is 5.84. The van der Waals surface area contributed by atoms with Crippen molar-refractivity contribution in [1.29, 1.82) is 0 Å². The van der Waals surface area contributed by atoms with E-state index in [-0.39, 0.29) is 10.8 Å². The van der Waals surface area contributed by atoms with Crippen LogP contribution in [0.4, 0.5) is 11.4 Å². The molecule has 0 aromatic heterocycles. The van der Waals surface area contributed by atoms with E-state index in [4.69, 9.17) is 9.98 Å². The lowest BCUT2D eigenvalue weighted by atomic mass is 9.64. The Morgan fingerprint density at radius 3 is 1.07 bits per heavy atom. The van der Waals surface area contributed by atoms with Crippen molar-refractivity contribution < 1.29 is 0 Å². The fourth-order valence-electron chi connectivity index (χ4n) is 4.83. The van der Waals surface area contributed by atoms with Gasteiger partial charge in [-0.05, 0) is 76.6 Å². The van der Waals surface area contributed by atoms with Gasteiger partial charge in [0, 0.05) is 10.8 Å². The summed E-state index contributed by atoms with van der Waals surface area (Å²) >= 11 is 0. The minimum Gasteiger partial charge on any atom is -0.250 e. The summed E-state index contributed by atoms with van der Waals surface area (Å²) < 4.78 is 0. The number of benzene rings is 2. The number of aryl methyl sites for hydroxylation is 6. The van der Waals surface area contributed by atoms with Crippen LogP contribution in [0.1, 0.15) is 73.9 Å². The van der Waals surface area contributed by atoms with E-state index in [2.05, 4.69) is 93.5 Å². The van der Waals surface area contributed by atoms with Crippen LogP contribution in [0.2, 0.25) is 0 Å². The molecule has 0 bridgehead atoms. The lowest BCUT2D eigenvalue weighted by Crippen LogP contribution is -2.45. The molecule has 30 heavy (non-hydrogen) atoms. The molecule has 0 heterocycles. The van der Waals surface area contributed by atoms with Crippen LogP contribution in [0.3, 0.4) is 0 Å². The van der Waals surface area contributed by atoms with E-state index in [0.29, 0.717) is 0 Å². The molecular weight excluding hydrogens is 364 g/mol. The highest BCUT2D eigenvalue weighted by molar-refractivity contribution is 6.47. The first-order valence-corrected chi connectivity index (χ1v) is 11.2. The van der Waals surface area contributed by atoms with Crippen LogP contribution in [0, 0.1) is 52.4 Å². The van der Waals surface area contributed by atoms with E-state index < -0.39 is 0 Å². The highest BCUT2D eigenvalue weighted by Crippen LogP contribution is 2.44. The fraction of sp³-hybridized carbons (Fsp3) is 0.500. The molecule has 1 saturated carbocycles. The van der Waals surface area contributed by atoms with Crippen molar-refractivity contribution in [2.24, 2.45) is 20.8 Å². The number of aliphatic imine (C=N–C) groups is 2. The molecule has 160 valence electrons. The zero-order valence-electron chi connectivity index (χ0n) is 20.6. The molecule has 2 aromatic carbocycles. The van der Waals surface area contributed by atoms with Crippen LogP contribution in [0.25, 0.3) is 0 Å². The summed E-state index contributed by atoms with van der Waals surface area (Å²) in [5, 5.41) is 0. The van der Waals surface area contributed by atoms with Crippen molar-refractivity contribution in [1.82, 2.24) is 0 Å². The summed E-state index contributed by atoms with van der Waals surface area (Å²) in [6.07, 6.45) is 2.24. The lowest BCUT2D eigenvalue weighted by molar-refractivity contribution is 0.347. The predicted octanol–water partition coefficient (Wildman–Crippen LogP) is 8.23. The maximum Gasteiger partial charge on any atom is 0.0692 e. The van der Waals surface area contributed by atoms with Crippen LogP contribution < -0.4 is 0 Å². The maximum absolute atomic E-state index is 5.35. The van der Waals surface area contributed by atoms with Crippen LogP contribution >= 0.6 is 0 Å². The SMILES string of the molecule is Cc1cc(C)c(N=C2C(=Nc3c(C)cc(C)cc3C)C(C)(C)CCC2(C)C)c(C)c1. The fourth-order valence-corrected chi connectivity index (χ4v) is 4.83. The zero-order chi connectivity index (χ0) is 22.4. The first kappa shape index (κ1) is 22.5. The van der Waals surface area contributed by atoms with E-state index in [1.165, 1.54) is 33.4 Å². The average Bonchev–Trinajstić information content (AvgIpc) is 2.59. The second-order valence-corrected chi connectivity index (χ2v) is 10.7. The Morgan fingerprint density at radius 1 is 0.533 bits per heavy atom. The molecule has 3 rings (SSSR count). The van der Waals surface area contributed by atoms with Gasteiger partial charge in [-0.3, -0.25) is 9.98 Å². The predicted molar refractivity (Wildman–Crippen MR) is 132 cm³/mol. The van der Waals surface area contributed by atoms with Crippen LogP contribution in [-0.2, 0) is 0 Å². The standard InChI is InChI=1S/C28H38N2/c1-17-13-19(3)23(20(4)14-17)29-25-26(28(9,10)12-11-27(25,7)8)30-24-21(5)15-18(2)16-22(24)6/h13-16H,11-12H2,1-10H3. The Balaban J connectivity index is 2.30. The summed E-state index contributed by atoms with van der Waals surface area (Å²) in [7, 11) is 0. The quantitative estimate of drug-likeness (QED) is 0.483. The van der Waals surface area contributed by atoms with Gasteiger partial charge in [-0.15, -0.1) is 0 Å². The van der Waals surface area contributed by atoms with Gasteiger partial charge in [0.05, 0.1) is 22.8 Å². The molecular formula is C28H38N2. The maximum atomic E-state index is 5.35. The summed E-state index contributed by atoms with van der Waals surface area (Å²) in [5.41, 5.74) is 12.0. The van der Waals surface area contributed by atoms with Gasteiger partial charge in [0.15, 0.2) is 0 Å². The molecule has 2 nitrogen and oxygen atoms in total. The van der Waals surface area contributed by atoms with Crippen molar-refractivity contribution >= 4 is 22.8 Å². The largest absolute Gasteiger partial charge is 0.250 e. The summed E-state index contributed by atoms with van der Waals surface area (Å²) in [5.74, 6) is 0. The Morgan fingerprint density at radius 2 is 0.800 bits per heavy atom. The van der Waals surface area contributed by atoms with Gasteiger partial charge < -0.3 is 0 Å². The second kappa shape index (κ2) is 7.80. The van der Waals surface area contributed by atoms with Crippen molar-refractivity contribution in [3.8, 4) is 0 Å². The zero-order valence-corrected chi connectivity index (χ0v) is 20.6. The molecule has 2 aromatic rings. The van der Waals surface area contributed by atoms with E-state index in [1.807, 2.05) is 0 Å². The van der Waals surface area contributed by atoms with Crippen LogP contribution in [-0.4, -0.2) is 11.4 Å².